The van der Waals surface area contributed by atoms with Crippen molar-refractivity contribution in [2.24, 2.45) is 0 Å². The lowest BCUT2D eigenvalue weighted by molar-refractivity contribution is -0.00536. The van der Waals surface area contributed by atoms with Crippen LogP contribution in [0.3, 0.4) is 0 Å². The third-order valence-corrected chi connectivity index (χ3v) is 4.01. The number of hydrogen-bond acceptors (Lipinski definition) is 3. The minimum Gasteiger partial charge on any atom is -0.372 e. The second-order valence-corrected chi connectivity index (χ2v) is 5.72. The van der Waals surface area contributed by atoms with Crippen molar-refractivity contribution in [1.82, 2.24) is 4.98 Å². The first kappa shape index (κ1) is 13.7. The molecule has 0 spiro atoms. The number of ether oxygens (including phenoxy) is 1. The second kappa shape index (κ2) is 5.58. The van der Waals surface area contributed by atoms with Crippen molar-refractivity contribution in [3.63, 3.8) is 0 Å². The Morgan fingerprint density at radius 1 is 1.20 bits per heavy atom. The Bertz CT molecular complexity index is 606. The van der Waals surface area contributed by atoms with Crippen molar-refractivity contribution < 1.29 is 4.74 Å². The van der Waals surface area contributed by atoms with Crippen molar-refractivity contribution in [1.29, 1.82) is 0 Å². The first-order chi connectivity index (χ1) is 9.69. The quantitative estimate of drug-likeness (QED) is 0.791. The van der Waals surface area contributed by atoms with E-state index in [1.54, 1.807) is 0 Å². The smallest absolute Gasteiger partial charge is 0.136 e. The average Bonchev–Trinajstić information content (AvgIpc) is 2.45. The number of anilines is 1. The van der Waals surface area contributed by atoms with Gasteiger partial charge in [-0.15, -0.1) is 11.6 Å². The molecule has 1 aliphatic heterocycles. The summed E-state index contributed by atoms with van der Waals surface area (Å²) in [4.78, 5) is 6.97. The number of alkyl halides is 1. The van der Waals surface area contributed by atoms with E-state index in [2.05, 4.69) is 41.9 Å². The fourth-order valence-corrected chi connectivity index (χ4v) is 3.16. The molecule has 20 heavy (non-hydrogen) atoms. The van der Waals surface area contributed by atoms with E-state index < -0.39 is 0 Å². The number of morpholine rings is 1. The fraction of sp³-hybridized carbons (Fsp3) is 0.438. The van der Waals surface area contributed by atoms with Crippen LogP contribution in [0.5, 0.6) is 0 Å². The Kier molecular flexibility index (Phi) is 3.81. The zero-order valence-corrected chi connectivity index (χ0v) is 12.6. The topological polar surface area (TPSA) is 25.4 Å². The van der Waals surface area contributed by atoms with Crippen LogP contribution in [-0.2, 0) is 10.6 Å². The van der Waals surface area contributed by atoms with Gasteiger partial charge in [0.15, 0.2) is 0 Å². The molecule has 2 atom stereocenters. The van der Waals surface area contributed by atoms with Crippen LogP contribution in [0.1, 0.15) is 19.4 Å². The van der Waals surface area contributed by atoms with Gasteiger partial charge in [0.1, 0.15) is 5.82 Å². The van der Waals surface area contributed by atoms with Gasteiger partial charge in [-0.1, -0.05) is 24.3 Å². The van der Waals surface area contributed by atoms with Crippen LogP contribution >= 0.6 is 11.6 Å². The van der Waals surface area contributed by atoms with Crippen LogP contribution in [-0.4, -0.2) is 30.3 Å². The predicted molar refractivity (Wildman–Crippen MR) is 83.5 cm³/mol. The Hall–Kier alpha value is -1.32. The summed E-state index contributed by atoms with van der Waals surface area (Å²) in [5.74, 6) is 1.53. The number of hydrogen-bond donors (Lipinski definition) is 0. The molecule has 1 aliphatic rings. The van der Waals surface area contributed by atoms with E-state index in [0.717, 1.165) is 24.5 Å². The zero-order valence-electron chi connectivity index (χ0n) is 11.8. The lowest BCUT2D eigenvalue weighted by Crippen LogP contribution is -2.45. The van der Waals surface area contributed by atoms with Gasteiger partial charge in [0, 0.05) is 30.6 Å². The summed E-state index contributed by atoms with van der Waals surface area (Å²) >= 11 is 6.02. The molecule has 0 amide bonds. The van der Waals surface area contributed by atoms with Gasteiger partial charge in [-0.05, 0) is 24.8 Å². The van der Waals surface area contributed by atoms with Gasteiger partial charge in [0.05, 0.1) is 12.2 Å². The molecule has 3 rings (SSSR count). The lowest BCUT2D eigenvalue weighted by Gasteiger charge is -2.36. The molecule has 2 unspecified atom stereocenters. The molecule has 0 N–H and O–H groups in total. The number of halogens is 1. The van der Waals surface area contributed by atoms with Crippen LogP contribution in [0.4, 0.5) is 5.82 Å². The number of benzene rings is 1. The first-order valence-corrected chi connectivity index (χ1v) is 7.55. The number of nitrogens with zero attached hydrogens (tertiary/aromatic N) is 2. The highest BCUT2D eigenvalue weighted by molar-refractivity contribution is 6.18. The summed E-state index contributed by atoms with van der Waals surface area (Å²) in [5.41, 5.74) is 1.08. The second-order valence-electron chi connectivity index (χ2n) is 5.45. The summed E-state index contributed by atoms with van der Waals surface area (Å²) in [6, 6.07) is 8.34. The molecule has 106 valence electrons. The molecule has 3 nitrogen and oxygen atoms in total. The summed E-state index contributed by atoms with van der Waals surface area (Å²) in [6.07, 6.45) is 2.36. The highest BCUT2D eigenvalue weighted by Crippen LogP contribution is 2.29. The average molecular weight is 291 g/mol. The first-order valence-electron chi connectivity index (χ1n) is 7.02. The molecular weight excluding hydrogens is 272 g/mol. The summed E-state index contributed by atoms with van der Waals surface area (Å²) in [7, 11) is 0. The van der Waals surface area contributed by atoms with E-state index in [9.17, 15) is 0 Å². The maximum atomic E-state index is 6.02. The minimum atomic E-state index is 0.229. The van der Waals surface area contributed by atoms with Crippen molar-refractivity contribution in [3.05, 3.63) is 36.0 Å². The van der Waals surface area contributed by atoms with Gasteiger partial charge >= 0.3 is 0 Å². The molecule has 1 aromatic heterocycles. The van der Waals surface area contributed by atoms with Crippen LogP contribution in [0.25, 0.3) is 10.8 Å². The van der Waals surface area contributed by atoms with Gasteiger partial charge in [-0.3, -0.25) is 0 Å². The highest BCUT2D eigenvalue weighted by Gasteiger charge is 2.24. The van der Waals surface area contributed by atoms with Gasteiger partial charge in [-0.2, -0.15) is 0 Å². The highest BCUT2D eigenvalue weighted by atomic mass is 35.5. The third kappa shape index (κ3) is 2.48. The van der Waals surface area contributed by atoms with Gasteiger partial charge in [-0.25, -0.2) is 4.98 Å². The Labute approximate surface area is 124 Å². The van der Waals surface area contributed by atoms with E-state index >= 15 is 0 Å². The molecule has 0 bridgehead atoms. The van der Waals surface area contributed by atoms with E-state index in [-0.39, 0.29) is 12.2 Å². The SMILES string of the molecule is CC1CN(c2ncc(CCl)c3ccccc23)CC(C)O1. The number of pyridine rings is 1. The van der Waals surface area contributed by atoms with Crippen molar-refractivity contribution >= 4 is 28.2 Å². The number of aromatic nitrogens is 1. The standard InChI is InChI=1S/C16H19ClN2O/c1-11-9-19(10-12(2)20-11)16-15-6-4-3-5-14(15)13(7-17)8-18-16/h3-6,8,11-12H,7,9-10H2,1-2H3. The molecular formula is C16H19ClN2O. The Morgan fingerprint density at radius 3 is 2.50 bits per heavy atom. The molecule has 1 fully saturated rings. The van der Waals surface area contributed by atoms with Gasteiger partial charge in [0.2, 0.25) is 0 Å². The van der Waals surface area contributed by atoms with Gasteiger partial charge < -0.3 is 9.64 Å². The molecule has 0 aliphatic carbocycles. The predicted octanol–water partition coefficient (Wildman–Crippen LogP) is 3.59. The molecule has 0 saturated carbocycles. The van der Waals surface area contributed by atoms with Crippen LogP contribution < -0.4 is 4.90 Å². The minimum absolute atomic E-state index is 0.229. The van der Waals surface area contributed by atoms with E-state index in [1.165, 1.54) is 10.8 Å². The van der Waals surface area contributed by atoms with E-state index in [1.807, 2.05) is 12.3 Å². The molecule has 2 aromatic rings. The maximum absolute atomic E-state index is 6.02. The number of rotatable bonds is 2. The Morgan fingerprint density at radius 2 is 1.85 bits per heavy atom. The zero-order chi connectivity index (χ0) is 14.1. The summed E-state index contributed by atoms with van der Waals surface area (Å²) in [6.45, 7) is 5.97. The summed E-state index contributed by atoms with van der Waals surface area (Å²) < 4.78 is 5.80. The van der Waals surface area contributed by atoms with Crippen molar-refractivity contribution in [3.8, 4) is 0 Å². The molecule has 2 heterocycles. The van der Waals surface area contributed by atoms with Gasteiger partial charge in [0.25, 0.3) is 0 Å². The van der Waals surface area contributed by atoms with Crippen molar-refractivity contribution in [2.75, 3.05) is 18.0 Å². The molecule has 4 heteroatoms. The van der Waals surface area contributed by atoms with E-state index in [0.29, 0.717) is 5.88 Å². The Balaban J connectivity index is 2.08. The third-order valence-electron chi connectivity index (χ3n) is 3.72. The van der Waals surface area contributed by atoms with E-state index in [4.69, 9.17) is 16.3 Å². The number of fused-ring (bicyclic) bond motifs is 1. The normalized spacial score (nSPS) is 23.2. The molecule has 1 saturated heterocycles. The summed E-state index contributed by atoms with van der Waals surface area (Å²) in [5, 5.41) is 2.37. The van der Waals surface area contributed by atoms with Crippen LogP contribution in [0, 0.1) is 0 Å². The lowest BCUT2D eigenvalue weighted by atomic mass is 10.1. The van der Waals surface area contributed by atoms with Crippen LogP contribution in [0.15, 0.2) is 30.5 Å². The van der Waals surface area contributed by atoms with Crippen molar-refractivity contribution in [2.45, 2.75) is 31.9 Å². The largest absolute Gasteiger partial charge is 0.372 e. The molecule has 1 aromatic carbocycles. The molecule has 0 radical (unpaired) electrons. The van der Waals surface area contributed by atoms with Crippen LogP contribution in [0.2, 0.25) is 0 Å². The maximum Gasteiger partial charge on any atom is 0.136 e. The fourth-order valence-electron chi connectivity index (χ4n) is 2.95. The monoisotopic (exact) mass is 290 g/mol.